The lowest BCUT2D eigenvalue weighted by Gasteiger charge is -2.39. The number of ether oxygens (including phenoxy) is 1. The molecule has 0 radical (unpaired) electrons. The molecule has 1 aromatic rings. The first-order chi connectivity index (χ1) is 24.3. The number of halogens is 1. The number of hydrogen-bond acceptors (Lipinski definition) is 10. The van der Waals surface area contributed by atoms with E-state index in [1.165, 1.54) is 6.92 Å². The molecule has 1 saturated carbocycles. The lowest BCUT2D eigenvalue weighted by atomic mass is 9.74. The SMILES string of the molecule is CCOP(=O)(OCC)C(O)C(CC1(C#N)CC2(CCN(C(C)=O)CC2)NC1=O)NC(=O)[C@H](CC1CCCCC1)NC(=O)OCc1cccc(Cl)c1. The van der Waals surface area contributed by atoms with Crippen LogP contribution in [0.15, 0.2) is 24.3 Å². The number of hydrogen-bond donors (Lipinski definition) is 4. The highest BCUT2D eigenvalue weighted by Gasteiger charge is 2.58. The summed E-state index contributed by atoms with van der Waals surface area (Å²) in [7, 11) is -4.31. The number of nitriles is 1. The molecule has 3 fully saturated rings. The monoisotopic (exact) mass is 751 g/mol. The maximum absolute atomic E-state index is 14.2. The van der Waals surface area contributed by atoms with Crippen molar-refractivity contribution in [2.45, 2.75) is 115 Å². The van der Waals surface area contributed by atoms with Crippen molar-refractivity contribution in [2.24, 2.45) is 11.3 Å². The molecule has 282 valence electrons. The van der Waals surface area contributed by atoms with Gasteiger partial charge in [0.25, 0.3) is 0 Å². The summed E-state index contributed by atoms with van der Waals surface area (Å²) in [6, 6.07) is 6.38. The fourth-order valence-electron chi connectivity index (χ4n) is 7.52. The first-order valence-electron chi connectivity index (χ1n) is 17.8. The Morgan fingerprint density at radius 2 is 1.80 bits per heavy atom. The van der Waals surface area contributed by atoms with Gasteiger partial charge in [0.1, 0.15) is 18.1 Å². The molecular weight excluding hydrogens is 701 g/mol. The molecule has 4 atom stereocenters. The van der Waals surface area contributed by atoms with Crippen molar-refractivity contribution in [3.63, 3.8) is 0 Å². The van der Waals surface area contributed by atoms with Gasteiger partial charge in [0.05, 0.1) is 25.3 Å². The number of nitrogens with zero attached hydrogens (tertiary/aromatic N) is 2. The normalized spacial score (nSPS) is 22.4. The van der Waals surface area contributed by atoms with Gasteiger partial charge in [-0.3, -0.25) is 18.9 Å². The number of nitrogens with one attached hydrogen (secondary N) is 3. The van der Waals surface area contributed by atoms with Crippen LogP contribution in [-0.4, -0.2) is 83.6 Å². The summed E-state index contributed by atoms with van der Waals surface area (Å²) in [6.45, 7) is 5.15. The summed E-state index contributed by atoms with van der Waals surface area (Å²) in [4.78, 5) is 54.6. The summed E-state index contributed by atoms with van der Waals surface area (Å²) in [6.07, 6.45) is 4.66. The third kappa shape index (κ3) is 10.4. The number of carbonyl (C=O) groups is 4. The molecule has 2 aliphatic heterocycles. The van der Waals surface area contributed by atoms with Crippen molar-refractivity contribution in [3.05, 3.63) is 34.9 Å². The number of likely N-dealkylation sites (tertiary alicyclic amines) is 1. The van der Waals surface area contributed by atoms with Crippen molar-refractivity contribution in [2.75, 3.05) is 26.3 Å². The minimum Gasteiger partial charge on any atom is -0.445 e. The molecule has 2 saturated heterocycles. The van der Waals surface area contributed by atoms with E-state index in [1.807, 2.05) is 0 Å². The Bertz CT molecular complexity index is 1480. The molecular formula is C35H51ClN5O9P. The number of carbonyl (C=O) groups excluding carboxylic acids is 4. The van der Waals surface area contributed by atoms with E-state index in [0.29, 0.717) is 36.5 Å². The smallest absolute Gasteiger partial charge is 0.408 e. The van der Waals surface area contributed by atoms with Crippen LogP contribution in [-0.2, 0) is 39.3 Å². The van der Waals surface area contributed by atoms with Gasteiger partial charge in [0, 0.05) is 30.6 Å². The van der Waals surface area contributed by atoms with Gasteiger partial charge >= 0.3 is 13.7 Å². The second-order valence-corrected chi connectivity index (χ2v) is 16.4. The molecule has 3 aliphatic rings. The van der Waals surface area contributed by atoms with E-state index < -0.39 is 60.8 Å². The molecule has 0 aromatic heterocycles. The Kier molecular flexibility index (Phi) is 14.3. The highest BCUT2D eigenvalue weighted by Crippen LogP contribution is 2.55. The number of piperidine rings is 1. The van der Waals surface area contributed by atoms with Gasteiger partial charge in [-0.1, -0.05) is 55.8 Å². The Morgan fingerprint density at radius 3 is 2.39 bits per heavy atom. The van der Waals surface area contributed by atoms with E-state index in [-0.39, 0.29) is 44.5 Å². The highest BCUT2D eigenvalue weighted by molar-refractivity contribution is 7.54. The van der Waals surface area contributed by atoms with Gasteiger partial charge in [0.2, 0.25) is 17.7 Å². The fraction of sp³-hybridized carbons (Fsp3) is 0.686. The van der Waals surface area contributed by atoms with Crippen molar-refractivity contribution in [1.29, 1.82) is 5.26 Å². The minimum absolute atomic E-state index is 0.0489. The van der Waals surface area contributed by atoms with Gasteiger partial charge in [-0.05, 0) is 69.6 Å². The number of rotatable bonds is 15. The zero-order valence-corrected chi connectivity index (χ0v) is 31.3. The molecule has 3 unspecified atom stereocenters. The fourth-order valence-corrected chi connectivity index (χ4v) is 9.46. The first kappa shape index (κ1) is 40.6. The quantitative estimate of drug-likeness (QED) is 0.181. The highest BCUT2D eigenvalue weighted by atomic mass is 35.5. The summed E-state index contributed by atoms with van der Waals surface area (Å²) in [5, 5.41) is 31.1. The summed E-state index contributed by atoms with van der Waals surface area (Å²) >= 11 is 6.06. The summed E-state index contributed by atoms with van der Waals surface area (Å²) in [5.41, 5.74) is -1.86. The predicted octanol–water partition coefficient (Wildman–Crippen LogP) is 4.78. The van der Waals surface area contributed by atoms with Crippen molar-refractivity contribution >= 4 is 43.0 Å². The van der Waals surface area contributed by atoms with Crippen LogP contribution >= 0.6 is 19.2 Å². The largest absolute Gasteiger partial charge is 0.445 e. The van der Waals surface area contributed by atoms with Gasteiger partial charge in [0.15, 0.2) is 5.85 Å². The Hall–Kier alpha value is -3.21. The second kappa shape index (κ2) is 18.0. The number of alkyl carbamates (subject to hydrolysis) is 1. The second-order valence-electron chi connectivity index (χ2n) is 13.9. The van der Waals surface area contributed by atoms with Crippen LogP contribution in [0.2, 0.25) is 5.02 Å². The summed E-state index contributed by atoms with van der Waals surface area (Å²) < 4.78 is 30.2. The number of amides is 4. The Labute approximate surface area is 304 Å². The third-order valence-electron chi connectivity index (χ3n) is 10.2. The van der Waals surface area contributed by atoms with Gasteiger partial charge in [-0.25, -0.2) is 4.79 Å². The molecule has 1 aliphatic carbocycles. The first-order valence-corrected chi connectivity index (χ1v) is 19.8. The lowest BCUT2D eigenvalue weighted by Crippen LogP contribution is -2.55. The van der Waals surface area contributed by atoms with Crippen molar-refractivity contribution in [3.8, 4) is 6.07 Å². The molecule has 14 nitrogen and oxygen atoms in total. The van der Waals surface area contributed by atoms with E-state index in [1.54, 1.807) is 43.0 Å². The van der Waals surface area contributed by atoms with Crippen LogP contribution in [0.5, 0.6) is 0 Å². The van der Waals surface area contributed by atoms with Crippen LogP contribution in [0.25, 0.3) is 0 Å². The minimum atomic E-state index is -4.31. The topological polar surface area (TPSA) is 196 Å². The average molecular weight is 752 g/mol. The molecule has 0 bridgehead atoms. The van der Waals surface area contributed by atoms with Crippen LogP contribution in [0.1, 0.15) is 90.5 Å². The zero-order chi connectivity index (χ0) is 37.2. The Morgan fingerprint density at radius 1 is 1.14 bits per heavy atom. The lowest BCUT2D eigenvalue weighted by molar-refractivity contribution is -0.130. The van der Waals surface area contributed by atoms with Gasteiger partial charge in [-0.2, -0.15) is 5.26 Å². The molecule has 4 amide bonds. The van der Waals surface area contributed by atoms with E-state index in [2.05, 4.69) is 22.0 Å². The van der Waals surface area contributed by atoms with Crippen LogP contribution < -0.4 is 16.0 Å². The summed E-state index contributed by atoms with van der Waals surface area (Å²) in [5.74, 6) is -3.22. The predicted molar refractivity (Wildman–Crippen MR) is 188 cm³/mol. The Balaban J connectivity index is 1.60. The maximum Gasteiger partial charge on any atom is 0.408 e. The van der Waals surface area contributed by atoms with Crippen molar-refractivity contribution < 1.29 is 42.6 Å². The molecule has 4 N–H and O–H groups in total. The molecule has 1 spiro atoms. The molecule has 4 rings (SSSR count). The number of aliphatic hydroxyl groups is 1. The molecule has 51 heavy (non-hydrogen) atoms. The van der Waals surface area contributed by atoms with E-state index in [9.17, 15) is 34.1 Å². The zero-order valence-electron chi connectivity index (χ0n) is 29.7. The van der Waals surface area contributed by atoms with E-state index in [0.717, 1.165) is 32.1 Å². The average Bonchev–Trinajstić information content (AvgIpc) is 3.37. The third-order valence-corrected chi connectivity index (χ3v) is 12.7. The van der Waals surface area contributed by atoms with Crippen LogP contribution in [0.3, 0.4) is 0 Å². The maximum atomic E-state index is 14.2. The van der Waals surface area contributed by atoms with E-state index in [4.69, 9.17) is 25.4 Å². The number of benzene rings is 1. The molecule has 2 heterocycles. The van der Waals surface area contributed by atoms with Crippen LogP contribution in [0.4, 0.5) is 4.79 Å². The van der Waals surface area contributed by atoms with Crippen molar-refractivity contribution in [1.82, 2.24) is 20.9 Å². The number of aliphatic hydroxyl groups excluding tert-OH is 1. The molecule has 16 heteroatoms. The van der Waals surface area contributed by atoms with E-state index >= 15 is 0 Å². The van der Waals surface area contributed by atoms with Crippen LogP contribution in [0, 0.1) is 22.7 Å². The van der Waals surface area contributed by atoms with Gasteiger partial charge in [-0.15, -0.1) is 0 Å². The standard InChI is InChI=1S/C35H51ClN5O9P/c1-4-49-51(47,50-5-2)31(44)29(20-34(23-37)22-35(40-32(34)45)14-16-41(17-15-35)24(3)42)38-30(43)28(19-25-10-7-6-8-11-25)39-33(46)48-21-26-12-9-13-27(36)18-26/h9,12-13,18,25,28-29,31,44H,4-8,10-11,14-17,19-22H2,1-3H3,(H,38,43)(H,39,46)(H,40,45)/t28-,29?,31?,34?/m0/s1. The van der Waals surface area contributed by atoms with Gasteiger partial charge < -0.3 is 39.7 Å². The molecule has 1 aromatic carbocycles.